The number of piperidine rings is 1. The maximum Gasteiger partial charge on any atom is 0.113 e. The van der Waals surface area contributed by atoms with Crippen molar-refractivity contribution in [2.75, 3.05) is 31.7 Å². The molecule has 0 bridgehead atoms. The third kappa shape index (κ3) is 4.33. The van der Waals surface area contributed by atoms with Crippen LogP contribution in [0, 0.1) is 6.92 Å². The molecule has 6 nitrogen and oxygen atoms in total. The molecule has 27 heavy (non-hydrogen) atoms. The van der Waals surface area contributed by atoms with E-state index in [0.29, 0.717) is 6.10 Å². The van der Waals surface area contributed by atoms with Crippen molar-refractivity contribution in [3.05, 3.63) is 30.0 Å². The Labute approximate surface area is 161 Å². The summed E-state index contributed by atoms with van der Waals surface area (Å²) in [4.78, 5) is 2.42. The Bertz CT molecular complexity index is 754. The van der Waals surface area contributed by atoms with Gasteiger partial charge in [-0.1, -0.05) is 11.3 Å². The number of ether oxygens (including phenoxy) is 2. The van der Waals surface area contributed by atoms with Gasteiger partial charge in [0.25, 0.3) is 0 Å². The molecule has 3 heterocycles. The van der Waals surface area contributed by atoms with Gasteiger partial charge in [-0.3, -0.25) is 0 Å². The zero-order chi connectivity index (χ0) is 18.6. The van der Waals surface area contributed by atoms with Crippen molar-refractivity contribution in [1.29, 1.82) is 0 Å². The summed E-state index contributed by atoms with van der Waals surface area (Å²) in [6, 6.07) is 6.63. The smallest absolute Gasteiger partial charge is 0.113 e. The zero-order valence-electron chi connectivity index (χ0n) is 16.4. The lowest BCUT2D eigenvalue weighted by Crippen LogP contribution is -2.39. The van der Waals surface area contributed by atoms with E-state index in [4.69, 9.17) is 9.47 Å². The highest BCUT2D eigenvalue weighted by molar-refractivity contribution is 5.67. The van der Waals surface area contributed by atoms with E-state index in [-0.39, 0.29) is 6.10 Å². The first-order valence-electron chi connectivity index (χ1n) is 10.1. The first-order valence-corrected chi connectivity index (χ1v) is 10.1. The number of benzene rings is 1. The second kappa shape index (κ2) is 8.40. The molecule has 6 heteroatoms. The number of rotatable bonds is 5. The van der Waals surface area contributed by atoms with Gasteiger partial charge in [-0.05, 0) is 56.7 Å². The Morgan fingerprint density at radius 1 is 1.22 bits per heavy atom. The zero-order valence-corrected chi connectivity index (χ0v) is 16.4. The van der Waals surface area contributed by atoms with Crippen molar-refractivity contribution < 1.29 is 9.47 Å². The van der Waals surface area contributed by atoms with Crippen LogP contribution in [0.4, 0.5) is 5.69 Å². The van der Waals surface area contributed by atoms with Crippen molar-refractivity contribution in [2.24, 2.45) is 0 Å². The minimum atomic E-state index is 0.268. The quantitative estimate of drug-likeness (QED) is 0.807. The van der Waals surface area contributed by atoms with Gasteiger partial charge in [0.05, 0.1) is 24.9 Å². The first-order chi connectivity index (χ1) is 13.2. The van der Waals surface area contributed by atoms with E-state index < -0.39 is 0 Å². The number of hydrogen-bond donors (Lipinski definition) is 0. The number of aromatic nitrogens is 3. The molecule has 2 aromatic rings. The number of hydrogen-bond acceptors (Lipinski definition) is 5. The molecule has 2 fully saturated rings. The lowest BCUT2D eigenvalue weighted by atomic mass is 10.0. The molecule has 0 radical (unpaired) electrons. The molecular formula is C21H30N4O2. The number of nitrogens with zero attached hydrogens (tertiary/aromatic N) is 4. The Kier molecular flexibility index (Phi) is 5.74. The average Bonchev–Trinajstić information content (AvgIpc) is 3.17. The second-order valence-electron chi connectivity index (χ2n) is 7.76. The average molecular weight is 370 g/mol. The van der Waals surface area contributed by atoms with Crippen LogP contribution in [0.3, 0.4) is 0 Å². The minimum absolute atomic E-state index is 0.268. The predicted octanol–water partition coefficient (Wildman–Crippen LogP) is 3.44. The molecule has 0 aliphatic carbocycles. The van der Waals surface area contributed by atoms with Gasteiger partial charge in [-0.25, -0.2) is 4.68 Å². The van der Waals surface area contributed by atoms with E-state index >= 15 is 0 Å². The van der Waals surface area contributed by atoms with Crippen LogP contribution in [-0.2, 0) is 16.0 Å². The number of aryl methyl sites for hydroxylation is 1. The highest BCUT2D eigenvalue weighted by Crippen LogP contribution is 2.28. The molecular weight excluding hydrogens is 340 g/mol. The van der Waals surface area contributed by atoms with Crippen LogP contribution in [0.25, 0.3) is 11.3 Å². The van der Waals surface area contributed by atoms with E-state index in [1.807, 2.05) is 18.0 Å². The van der Waals surface area contributed by atoms with Crippen molar-refractivity contribution in [3.63, 3.8) is 0 Å². The molecule has 4 rings (SSSR count). The topological polar surface area (TPSA) is 52.4 Å². The van der Waals surface area contributed by atoms with E-state index in [2.05, 4.69) is 40.3 Å². The van der Waals surface area contributed by atoms with Crippen LogP contribution in [0.5, 0.6) is 0 Å². The summed E-state index contributed by atoms with van der Waals surface area (Å²) in [5.74, 6) is 0. The predicted molar refractivity (Wildman–Crippen MR) is 106 cm³/mol. The lowest BCUT2D eigenvalue weighted by Gasteiger charge is -2.34. The van der Waals surface area contributed by atoms with Crippen LogP contribution < -0.4 is 4.90 Å². The number of methoxy groups -OCH3 is 1. The summed E-state index contributed by atoms with van der Waals surface area (Å²) in [5.41, 5.74) is 4.58. The monoisotopic (exact) mass is 370 g/mol. The summed E-state index contributed by atoms with van der Waals surface area (Å²) < 4.78 is 13.3. The summed E-state index contributed by atoms with van der Waals surface area (Å²) >= 11 is 0. The van der Waals surface area contributed by atoms with Crippen molar-refractivity contribution in [2.45, 2.75) is 57.8 Å². The van der Waals surface area contributed by atoms with Gasteiger partial charge >= 0.3 is 0 Å². The van der Waals surface area contributed by atoms with Gasteiger partial charge in [0, 0.05) is 38.1 Å². The number of anilines is 1. The summed E-state index contributed by atoms with van der Waals surface area (Å²) in [6.45, 7) is 5.87. The van der Waals surface area contributed by atoms with Crippen LogP contribution in [0.2, 0.25) is 0 Å². The normalized spacial score (nSPS) is 23.6. The molecule has 2 atom stereocenters. The van der Waals surface area contributed by atoms with Crippen molar-refractivity contribution >= 4 is 5.69 Å². The Balaban J connectivity index is 1.46. The molecule has 0 N–H and O–H groups in total. The fraction of sp³-hybridized carbons (Fsp3) is 0.619. The minimum Gasteiger partial charge on any atom is -0.380 e. The van der Waals surface area contributed by atoms with Gasteiger partial charge in [0.15, 0.2) is 0 Å². The Hall–Kier alpha value is -1.92. The molecule has 1 aromatic heterocycles. The molecule has 2 aliphatic heterocycles. The van der Waals surface area contributed by atoms with Crippen LogP contribution in [0.1, 0.15) is 37.7 Å². The summed E-state index contributed by atoms with van der Waals surface area (Å²) in [5, 5.41) is 8.72. The van der Waals surface area contributed by atoms with Crippen molar-refractivity contribution in [1.82, 2.24) is 15.0 Å². The molecule has 2 aliphatic rings. The second-order valence-corrected chi connectivity index (χ2v) is 7.76. The Morgan fingerprint density at radius 2 is 2.15 bits per heavy atom. The van der Waals surface area contributed by atoms with E-state index in [1.54, 1.807) is 0 Å². The molecule has 0 amide bonds. The Morgan fingerprint density at radius 3 is 2.93 bits per heavy atom. The fourth-order valence-electron chi connectivity index (χ4n) is 4.17. The van der Waals surface area contributed by atoms with E-state index in [0.717, 1.165) is 50.3 Å². The van der Waals surface area contributed by atoms with Crippen molar-refractivity contribution in [3.8, 4) is 11.3 Å². The third-order valence-electron chi connectivity index (χ3n) is 5.77. The maximum absolute atomic E-state index is 5.82. The third-order valence-corrected chi connectivity index (χ3v) is 5.77. The lowest BCUT2D eigenvalue weighted by molar-refractivity contribution is 0.00370. The molecule has 2 saturated heterocycles. The maximum atomic E-state index is 5.82. The van der Waals surface area contributed by atoms with Gasteiger partial charge in [0.2, 0.25) is 0 Å². The van der Waals surface area contributed by atoms with E-state index in [9.17, 15) is 0 Å². The largest absolute Gasteiger partial charge is 0.380 e. The first kappa shape index (κ1) is 18.4. The van der Waals surface area contributed by atoms with Gasteiger partial charge < -0.3 is 14.4 Å². The standard InChI is InChI=1S/C21H30N4O2/c1-16-12-17(24-10-5-7-18(13-24)26-2)8-9-20(16)21-15-25(23-22-21)14-19-6-3-4-11-27-19/h8-9,12,15,18-19H,3-7,10-11,13-14H2,1-2H3. The molecule has 0 saturated carbocycles. The van der Waals surface area contributed by atoms with E-state index in [1.165, 1.54) is 30.5 Å². The highest BCUT2D eigenvalue weighted by Gasteiger charge is 2.20. The summed E-state index contributed by atoms with van der Waals surface area (Å²) in [6.07, 6.45) is 8.50. The SMILES string of the molecule is COC1CCCN(c2ccc(-c3cn(CC4CCCCO4)nn3)c(C)c2)C1. The fourth-order valence-corrected chi connectivity index (χ4v) is 4.17. The van der Waals surface area contributed by atoms with Gasteiger partial charge in [-0.15, -0.1) is 5.10 Å². The van der Waals surface area contributed by atoms with Crippen LogP contribution >= 0.6 is 0 Å². The molecule has 146 valence electrons. The van der Waals surface area contributed by atoms with Crippen LogP contribution in [0.15, 0.2) is 24.4 Å². The van der Waals surface area contributed by atoms with Gasteiger partial charge in [-0.2, -0.15) is 0 Å². The molecule has 2 unspecified atom stereocenters. The molecule has 0 spiro atoms. The van der Waals surface area contributed by atoms with Gasteiger partial charge in [0.1, 0.15) is 5.69 Å². The summed E-state index contributed by atoms with van der Waals surface area (Å²) in [7, 11) is 1.81. The molecule has 1 aromatic carbocycles. The van der Waals surface area contributed by atoms with Crippen LogP contribution in [-0.4, -0.2) is 54.0 Å². The highest BCUT2D eigenvalue weighted by atomic mass is 16.5.